The maximum Gasteiger partial charge on any atom is 0.252 e. The molecule has 1 amide bonds. The summed E-state index contributed by atoms with van der Waals surface area (Å²) in [5.74, 6) is 0.421. The monoisotopic (exact) mass is 349 g/mol. The van der Waals surface area contributed by atoms with Gasteiger partial charge >= 0.3 is 0 Å². The highest BCUT2D eigenvalue weighted by atomic mass is 127. The number of rotatable bonds is 4. The average Bonchev–Trinajstić information content (AvgIpc) is 2.28. The smallest absolute Gasteiger partial charge is 0.252 e. The van der Waals surface area contributed by atoms with E-state index < -0.39 is 0 Å². The topological polar surface area (TPSA) is 29.1 Å². The second-order valence-electron chi connectivity index (χ2n) is 3.27. The van der Waals surface area contributed by atoms with Gasteiger partial charge in [0, 0.05) is 16.0 Å². The van der Waals surface area contributed by atoms with Crippen molar-refractivity contribution in [2.75, 3.05) is 12.4 Å². The number of allylic oxidation sites excluding steroid dienone is 1. The zero-order valence-corrected chi connectivity index (χ0v) is 11.9. The molecular weight excluding hydrogens is 336 g/mol. The van der Waals surface area contributed by atoms with Crippen molar-refractivity contribution in [3.8, 4) is 0 Å². The zero-order chi connectivity index (χ0) is 12.0. The summed E-state index contributed by atoms with van der Waals surface area (Å²) in [7, 11) is 0. The lowest BCUT2D eigenvalue weighted by molar-refractivity contribution is 0.0957. The first-order chi connectivity index (χ1) is 7.66. The van der Waals surface area contributed by atoms with E-state index in [1.165, 1.54) is 0 Å². The van der Waals surface area contributed by atoms with E-state index in [9.17, 15) is 4.79 Å². The Balaban J connectivity index is 2.66. The van der Waals surface area contributed by atoms with Gasteiger partial charge < -0.3 is 5.32 Å². The van der Waals surface area contributed by atoms with Crippen LogP contribution in [0.5, 0.6) is 0 Å². The van der Waals surface area contributed by atoms with Gasteiger partial charge in [-0.1, -0.05) is 24.3 Å². The van der Waals surface area contributed by atoms with Crippen molar-refractivity contribution >= 4 is 40.1 Å². The molecule has 0 saturated heterocycles. The molecule has 1 aromatic rings. The molecule has 0 atom stereocenters. The Kier molecular flexibility index (Phi) is 5.84. The molecule has 4 heteroatoms. The number of amides is 1. The van der Waals surface area contributed by atoms with Gasteiger partial charge in [0.25, 0.3) is 5.91 Å². The molecule has 0 radical (unpaired) electrons. The molecule has 0 spiro atoms. The molecule has 2 nitrogen and oxygen atoms in total. The quantitative estimate of drug-likeness (QED) is 0.505. The maximum atomic E-state index is 11.8. The van der Waals surface area contributed by atoms with Gasteiger partial charge in [0.05, 0.1) is 5.56 Å². The second-order valence-corrected chi connectivity index (χ2v) is 4.66. The third kappa shape index (κ3) is 3.79. The van der Waals surface area contributed by atoms with Crippen molar-refractivity contribution < 1.29 is 4.79 Å². The Morgan fingerprint density at radius 3 is 2.94 bits per heavy atom. The highest BCUT2D eigenvalue weighted by molar-refractivity contribution is 14.1. The fourth-order valence-electron chi connectivity index (χ4n) is 1.22. The highest BCUT2D eigenvalue weighted by Gasteiger charge is 2.09. The Morgan fingerprint density at radius 2 is 2.25 bits per heavy atom. The molecule has 0 aliphatic carbocycles. The predicted molar refractivity (Wildman–Crippen MR) is 76.1 cm³/mol. The molecular formula is C12H13ClINO. The van der Waals surface area contributed by atoms with Crippen molar-refractivity contribution in [3.05, 3.63) is 45.0 Å². The van der Waals surface area contributed by atoms with E-state index in [2.05, 4.69) is 27.9 Å². The molecule has 0 aliphatic heterocycles. The van der Waals surface area contributed by atoms with E-state index in [1.807, 2.05) is 37.3 Å². The minimum Gasteiger partial charge on any atom is -0.349 e. The highest BCUT2D eigenvalue weighted by Crippen LogP contribution is 2.16. The fourth-order valence-corrected chi connectivity index (χ4v) is 1.95. The fraction of sp³-hybridized carbons (Fsp3) is 0.250. The third-order valence-electron chi connectivity index (χ3n) is 2.07. The Bertz CT molecular complexity index is 404. The van der Waals surface area contributed by atoms with Gasteiger partial charge in [-0.05, 0) is 41.1 Å². The maximum absolute atomic E-state index is 11.8. The first kappa shape index (κ1) is 13.5. The van der Waals surface area contributed by atoms with Crippen molar-refractivity contribution in [1.29, 1.82) is 0 Å². The van der Waals surface area contributed by atoms with Crippen LogP contribution in [-0.2, 0) is 0 Å². The average molecular weight is 350 g/mol. The zero-order valence-electron chi connectivity index (χ0n) is 8.97. The lowest BCUT2D eigenvalue weighted by Gasteiger charge is -2.06. The standard InChI is InChI=1S/C12H13ClINO/c1-9-5-4-6-10(11(9)14)12(16)15-8-3-2-7-13/h2-6H,7-8H2,1H3,(H,15,16)/b3-2+. The number of aryl methyl sites for hydroxylation is 1. The Labute approximate surface area is 114 Å². The molecule has 86 valence electrons. The van der Waals surface area contributed by atoms with Crippen LogP contribution in [0, 0.1) is 10.5 Å². The Hall–Kier alpha value is -0.550. The lowest BCUT2D eigenvalue weighted by Crippen LogP contribution is -2.24. The van der Waals surface area contributed by atoms with Gasteiger partial charge in [-0.25, -0.2) is 0 Å². The molecule has 0 saturated carbocycles. The predicted octanol–water partition coefficient (Wildman–Crippen LogP) is 3.12. The van der Waals surface area contributed by atoms with E-state index in [4.69, 9.17) is 11.6 Å². The summed E-state index contributed by atoms with van der Waals surface area (Å²) in [6.07, 6.45) is 3.65. The van der Waals surface area contributed by atoms with Gasteiger partial charge in [0.1, 0.15) is 0 Å². The first-order valence-electron chi connectivity index (χ1n) is 4.91. The van der Waals surface area contributed by atoms with Crippen LogP contribution in [0.4, 0.5) is 0 Å². The third-order valence-corrected chi connectivity index (χ3v) is 3.68. The molecule has 0 heterocycles. The normalized spacial score (nSPS) is 10.7. The van der Waals surface area contributed by atoms with E-state index in [0.717, 1.165) is 14.7 Å². The van der Waals surface area contributed by atoms with E-state index in [0.29, 0.717) is 12.4 Å². The summed E-state index contributed by atoms with van der Waals surface area (Å²) >= 11 is 7.67. The van der Waals surface area contributed by atoms with Crippen molar-refractivity contribution in [2.45, 2.75) is 6.92 Å². The molecule has 0 aromatic heterocycles. The summed E-state index contributed by atoms with van der Waals surface area (Å²) in [4.78, 5) is 11.8. The minimum absolute atomic E-state index is 0.0488. The molecule has 16 heavy (non-hydrogen) atoms. The molecule has 0 unspecified atom stereocenters. The van der Waals surface area contributed by atoms with Gasteiger partial charge in [-0.3, -0.25) is 4.79 Å². The number of halogens is 2. The number of carbonyl (C=O) groups is 1. The van der Waals surface area contributed by atoms with E-state index >= 15 is 0 Å². The number of benzene rings is 1. The molecule has 1 N–H and O–H groups in total. The SMILES string of the molecule is Cc1cccc(C(=O)NC/C=C/CCl)c1I. The van der Waals surface area contributed by atoms with Crippen LogP contribution < -0.4 is 5.32 Å². The van der Waals surface area contributed by atoms with Crippen LogP contribution in [0.25, 0.3) is 0 Å². The number of carbonyl (C=O) groups excluding carboxylic acids is 1. The molecule has 0 aliphatic rings. The summed E-state index contributed by atoms with van der Waals surface area (Å²) in [6.45, 7) is 2.50. The summed E-state index contributed by atoms with van der Waals surface area (Å²) < 4.78 is 0.999. The van der Waals surface area contributed by atoms with Crippen molar-refractivity contribution in [3.63, 3.8) is 0 Å². The van der Waals surface area contributed by atoms with Gasteiger partial charge in [-0.15, -0.1) is 11.6 Å². The van der Waals surface area contributed by atoms with Crippen molar-refractivity contribution in [1.82, 2.24) is 5.32 Å². The van der Waals surface area contributed by atoms with E-state index in [1.54, 1.807) is 0 Å². The number of alkyl halides is 1. The van der Waals surface area contributed by atoms with Gasteiger partial charge in [0.15, 0.2) is 0 Å². The Morgan fingerprint density at radius 1 is 1.50 bits per heavy atom. The first-order valence-corrected chi connectivity index (χ1v) is 6.52. The van der Waals surface area contributed by atoms with Crippen LogP contribution in [0.3, 0.4) is 0 Å². The number of hydrogen-bond acceptors (Lipinski definition) is 1. The number of hydrogen-bond donors (Lipinski definition) is 1. The van der Waals surface area contributed by atoms with Crippen LogP contribution in [-0.4, -0.2) is 18.3 Å². The molecule has 1 rings (SSSR count). The molecule has 1 aromatic carbocycles. The van der Waals surface area contributed by atoms with Gasteiger partial charge in [0.2, 0.25) is 0 Å². The van der Waals surface area contributed by atoms with Crippen molar-refractivity contribution in [2.24, 2.45) is 0 Å². The van der Waals surface area contributed by atoms with Crippen LogP contribution in [0.1, 0.15) is 15.9 Å². The minimum atomic E-state index is -0.0488. The molecule has 0 bridgehead atoms. The van der Waals surface area contributed by atoms with Gasteiger partial charge in [-0.2, -0.15) is 0 Å². The lowest BCUT2D eigenvalue weighted by atomic mass is 10.1. The summed E-state index contributed by atoms with van der Waals surface area (Å²) in [6, 6.07) is 5.71. The largest absolute Gasteiger partial charge is 0.349 e. The van der Waals surface area contributed by atoms with Crippen LogP contribution >= 0.6 is 34.2 Å². The van der Waals surface area contributed by atoms with Crippen LogP contribution in [0.2, 0.25) is 0 Å². The second kappa shape index (κ2) is 6.91. The number of nitrogens with one attached hydrogen (secondary N) is 1. The van der Waals surface area contributed by atoms with E-state index in [-0.39, 0.29) is 5.91 Å². The summed E-state index contributed by atoms with van der Waals surface area (Å²) in [5.41, 5.74) is 1.84. The van der Waals surface area contributed by atoms with Crippen LogP contribution in [0.15, 0.2) is 30.4 Å². The molecule has 0 fully saturated rings. The summed E-state index contributed by atoms with van der Waals surface area (Å²) in [5, 5.41) is 2.81.